The van der Waals surface area contributed by atoms with Crippen molar-refractivity contribution < 1.29 is 4.39 Å². The second kappa shape index (κ2) is 8.24. The van der Waals surface area contributed by atoms with E-state index in [1.807, 2.05) is 12.1 Å². The molecule has 0 aliphatic heterocycles. The van der Waals surface area contributed by atoms with E-state index in [1.165, 1.54) is 25.3 Å². The zero-order valence-electron chi connectivity index (χ0n) is 11.0. The normalized spacial score (nSPS) is 12.6. The summed E-state index contributed by atoms with van der Waals surface area (Å²) >= 11 is 0. The van der Waals surface area contributed by atoms with E-state index in [1.54, 1.807) is 6.07 Å². The lowest BCUT2D eigenvalue weighted by atomic mass is 9.93. The third-order valence-electron chi connectivity index (χ3n) is 3.12. The average molecular weight is 237 g/mol. The highest BCUT2D eigenvalue weighted by atomic mass is 19.1. The minimum absolute atomic E-state index is 0.125. The molecule has 0 aliphatic carbocycles. The Balaban J connectivity index is 2.60. The van der Waals surface area contributed by atoms with Crippen molar-refractivity contribution in [3.63, 3.8) is 0 Å². The number of benzene rings is 1. The van der Waals surface area contributed by atoms with Crippen LogP contribution >= 0.6 is 0 Å². The van der Waals surface area contributed by atoms with Gasteiger partial charge in [-0.15, -0.1) is 0 Å². The molecule has 1 rings (SSSR count). The maximum absolute atomic E-state index is 13.2. The maximum Gasteiger partial charge on any atom is 0.123 e. The summed E-state index contributed by atoms with van der Waals surface area (Å²) in [5.41, 5.74) is 1.13. The van der Waals surface area contributed by atoms with Crippen molar-refractivity contribution in [2.75, 3.05) is 13.1 Å². The van der Waals surface area contributed by atoms with Gasteiger partial charge in [-0.3, -0.25) is 0 Å². The molecule has 1 N–H and O–H groups in total. The highest BCUT2D eigenvalue weighted by Crippen LogP contribution is 2.22. The summed E-state index contributed by atoms with van der Waals surface area (Å²) < 4.78 is 13.2. The van der Waals surface area contributed by atoms with Crippen LogP contribution in [0.1, 0.15) is 51.0 Å². The first-order valence-electron chi connectivity index (χ1n) is 6.74. The monoisotopic (exact) mass is 237 g/mol. The van der Waals surface area contributed by atoms with Crippen LogP contribution in [-0.4, -0.2) is 13.1 Å². The smallest absolute Gasteiger partial charge is 0.123 e. The molecule has 1 aromatic rings. The predicted octanol–water partition coefficient (Wildman–Crippen LogP) is 4.10. The van der Waals surface area contributed by atoms with Crippen LogP contribution < -0.4 is 5.32 Å². The van der Waals surface area contributed by atoms with Gasteiger partial charge in [-0.25, -0.2) is 4.39 Å². The molecule has 0 saturated carbocycles. The van der Waals surface area contributed by atoms with Crippen LogP contribution in [0.4, 0.5) is 4.39 Å². The fourth-order valence-corrected chi connectivity index (χ4v) is 2.11. The molecule has 0 fully saturated rings. The largest absolute Gasteiger partial charge is 0.316 e. The van der Waals surface area contributed by atoms with Gasteiger partial charge in [0.2, 0.25) is 0 Å². The van der Waals surface area contributed by atoms with Crippen LogP contribution in [0.3, 0.4) is 0 Å². The highest BCUT2D eigenvalue weighted by Gasteiger charge is 2.11. The van der Waals surface area contributed by atoms with Crippen molar-refractivity contribution in [2.24, 2.45) is 0 Å². The van der Waals surface area contributed by atoms with Gasteiger partial charge in [0, 0.05) is 6.54 Å². The Morgan fingerprint density at radius 2 is 2.06 bits per heavy atom. The Hall–Kier alpha value is -0.890. The second-order valence-electron chi connectivity index (χ2n) is 4.56. The number of nitrogens with one attached hydrogen (secondary N) is 1. The molecule has 1 atom stereocenters. The van der Waals surface area contributed by atoms with E-state index in [0.717, 1.165) is 25.1 Å². The van der Waals surface area contributed by atoms with Crippen molar-refractivity contribution in [3.05, 3.63) is 35.6 Å². The summed E-state index contributed by atoms with van der Waals surface area (Å²) in [5, 5.41) is 3.37. The highest BCUT2D eigenvalue weighted by molar-refractivity contribution is 5.21. The summed E-state index contributed by atoms with van der Waals surface area (Å²) in [4.78, 5) is 0. The lowest BCUT2D eigenvalue weighted by Crippen LogP contribution is -2.21. The molecule has 96 valence electrons. The van der Waals surface area contributed by atoms with Gasteiger partial charge >= 0.3 is 0 Å². The van der Waals surface area contributed by atoms with Crippen molar-refractivity contribution in [2.45, 2.75) is 45.4 Å². The first-order chi connectivity index (χ1) is 8.27. The zero-order chi connectivity index (χ0) is 12.5. The Morgan fingerprint density at radius 1 is 1.24 bits per heavy atom. The van der Waals surface area contributed by atoms with Gasteiger partial charge in [0.15, 0.2) is 0 Å². The van der Waals surface area contributed by atoms with E-state index in [0.29, 0.717) is 5.92 Å². The maximum atomic E-state index is 13.2. The van der Waals surface area contributed by atoms with Crippen LogP contribution in [0, 0.1) is 5.82 Å². The van der Waals surface area contributed by atoms with Crippen molar-refractivity contribution in [3.8, 4) is 0 Å². The molecule has 2 heteroatoms. The van der Waals surface area contributed by atoms with Gasteiger partial charge < -0.3 is 5.32 Å². The molecule has 1 unspecified atom stereocenters. The van der Waals surface area contributed by atoms with Crippen LogP contribution in [-0.2, 0) is 0 Å². The van der Waals surface area contributed by atoms with Gasteiger partial charge in [-0.2, -0.15) is 0 Å². The van der Waals surface area contributed by atoms with Gasteiger partial charge in [0.1, 0.15) is 5.82 Å². The number of rotatable bonds is 8. The molecule has 0 spiro atoms. The number of hydrogen-bond acceptors (Lipinski definition) is 1. The van der Waals surface area contributed by atoms with Gasteiger partial charge in [-0.05, 0) is 36.6 Å². The second-order valence-corrected chi connectivity index (χ2v) is 4.56. The molecule has 0 radical (unpaired) electrons. The molecule has 0 saturated heterocycles. The molecule has 0 amide bonds. The predicted molar refractivity (Wildman–Crippen MR) is 71.8 cm³/mol. The van der Waals surface area contributed by atoms with Crippen LogP contribution in [0.15, 0.2) is 24.3 Å². The van der Waals surface area contributed by atoms with Crippen LogP contribution in [0.25, 0.3) is 0 Å². The van der Waals surface area contributed by atoms with Crippen molar-refractivity contribution in [1.29, 1.82) is 0 Å². The lowest BCUT2D eigenvalue weighted by Gasteiger charge is -2.17. The molecule has 1 aromatic carbocycles. The van der Waals surface area contributed by atoms with Gasteiger partial charge in [0.05, 0.1) is 0 Å². The third kappa shape index (κ3) is 5.31. The molecule has 0 aliphatic rings. The van der Waals surface area contributed by atoms with E-state index in [4.69, 9.17) is 0 Å². The SMILES string of the molecule is CCCCCC(CNCC)c1cccc(F)c1. The summed E-state index contributed by atoms with van der Waals surface area (Å²) in [6.07, 6.45) is 4.86. The number of halogens is 1. The molecule has 0 bridgehead atoms. The zero-order valence-corrected chi connectivity index (χ0v) is 11.0. The topological polar surface area (TPSA) is 12.0 Å². The minimum atomic E-state index is -0.125. The van der Waals surface area contributed by atoms with Gasteiger partial charge in [-0.1, -0.05) is 45.2 Å². The first-order valence-corrected chi connectivity index (χ1v) is 6.74. The van der Waals surface area contributed by atoms with E-state index in [2.05, 4.69) is 19.2 Å². The summed E-state index contributed by atoms with van der Waals surface area (Å²) in [6.45, 7) is 6.24. The Labute approximate surface area is 104 Å². The number of unbranched alkanes of at least 4 members (excludes halogenated alkanes) is 2. The Bertz CT molecular complexity index is 312. The average Bonchev–Trinajstić information content (AvgIpc) is 2.33. The molecule has 17 heavy (non-hydrogen) atoms. The lowest BCUT2D eigenvalue weighted by molar-refractivity contribution is 0.524. The van der Waals surface area contributed by atoms with Crippen LogP contribution in [0.5, 0.6) is 0 Å². The molecule has 0 aromatic heterocycles. The fraction of sp³-hybridized carbons (Fsp3) is 0.600. The van der Waals surface area contributed by atoms with Gasteiger partial charge in [0.25, 0.3) is 0 Å². The van der Waals surface area contributed by atoms with E-state index in [-0.39, 0.29) is 5.82 Å². The summed E-state index contributed by atoms with van der Waals surface area (Å²) in [6, 6.07) is 7.04. The fourth-order valence-electron chi connectivity index (χ4n) is 2.11. The number of likely N-dealkylation sites (N-methyl/N-ethyl adjacent to an activating group) is 1. The quantitative estimate of drug-likeness (QED) is 0.671. The summed E-state index contributed by atoms with van der Waals surface area (Å²) in [5.74, 6) is 0.316. The van der Waals surface area contributed by atoms with E-state index < -0.39 is 0 Å². The molecule has 1 nitrogen and oxygen atoms in total. The van der Waals surface area contributed by atoms with E-state index in [9.17, 15) is 4.39 Å². The molecular formula is C15H24FN. The van der Waals surface area contributed by atoms with Crippen LogP contribution in [0.2, 0.25) is 0 Å². The Morgan fingerprint density at radius 3 is 2.71 bits per heavy atom. The van der Waals surface area contributed by atoms with E-state index >= 15 is 0 Å². The summed E-state index contributed by atoms with van der Waals surface area (Å²) in [7, 11) is 0. The number of hydrogen-bond donors (Lipinski definition) is 1. The molecule has 0 heterocycles. The minimum Gasteiger partial charge on any atom is -0.316 e. The first kappa shape index (κ1) is 14.2. The van der Waals surface area contributed by atoms with Crippen molar-refractivity contribution in [1.82, 2.24) is 5.32 Å². The molecular weight excluding hydrogens is 213 g/mol. The third-order valence-corrected chi connectivity index (χ3v) is 3.12. The standard InChI is InChI=1S/C15H24FN/c1-3-5-6-8-14(12-17-4-2)13-9-7-10-15(16)11-13/h7,9-11,14,17H,3-6,8,12H2,1-2H3. The Kier molecular flexibility index (Phi) is 6.87. The van der Waals surface area contributed by atoms with Crippen molar-refractivity contribution >= 4 is 0 Å².